The summed E-state index contributed by atoms with van der Waals surface area (Å²) < 4.78 is 76.3. The molecule has 0 bridgehead atoms. The van der Waals surface area contributed by atoms with Crippen molar-refractivity contribution < 1.29 is 59.4 Å². The van der Waals surface area contributed by atoms with Crippen LogP contribution in [-0.4, -0.2) is 59.9 Å². The first-order valence-electron chi connectivity index (χ1n) is 4.50. The quantitative estimate of drug-likeness (QED) is 0.347. The van der Waals surface area contributed by atoms with Crippen molar-refractivity contribution in [3.63, 3.8) is 0 Å². The van der Waals surface area contributed by atoms with Crippen LogP contribution in [0.2, 0.25) is 0 Å². The maximum Gasteiger partial charge on any atom is 1.00 e. The molecule has 12 heteroatoms. The van der Waals surface area contributed by atoms with E-state index in [0.29, 0.717) is 0 Å². The number of hydrogen-bond acceptors (Lipinski definition) is 7. The van der Waals surface area contributed by atoms with Crippen molar-refractivity contribution in [2.24, 2.45) is 0 Å². The fraction of sp³-hybridized carbons (Fsp3) is 1.00. The van der Waals surface area contributed by atoms with Crippen molar-refractivity contribution in [1.29, 1.82) is 0 Å². The second-order valence-corrected chi connectivity index (χ2v) is 9.17. The number of sulfonamides is 1. The Morgan fingerprint density at radius 1 is 0.944 bits per heavy atom. The maximum absolute atomic E-state index is 11.2. The van der Waals surface area contributed by atoms with E-state index in [4.69, 9.17) is 0 Å². The summed E-state index contributed by atoms with van der Waals surface area (Å²) in [6.07, 6.45) is 0.898. The molecule has 1 N–H and O–H groups in total. The Bertz CT molecular complexity index is 492. The molecule has 0 fully saturated rings. The van der Waals surface area contributed by atoms with Crippen molar-refractivity contribution in [2.45, 2.75) is 6.42 Å². The minimum absolute atomic E-state index is 0. The van der Waals surface area contributed by atoms with Crippen LogP contribution in [0.1, 0.15) is 6.42 Å². The molecule has 0 rings (SSSR count). The molecule has 0 amide bonds. The number of nitrogens with one attached hydrogen (secondary N) is 1. The van der Waals surface area contributed by atoms with Gasteiger partial charge in [0, 0.05) is 12.8 Å². The molecule has 0 saturated carbocycles. The first kappa shape index (κ1) is 21.1. The molecule has 0 aliphatic rings. The van der Waals surface area contributed by atoms with Crippen LogP contribution in [0.4, 0.5) is 0 Å². The summed E-state index contributed by atoms with van der Waals surface area (Å²) in [6.45, 7) is -0.507. The third-order valence-corrected chi connectivity index (χ3v) is 4.81. The van der Waals surface area contributed by atoms with E-state index in [0.717, 1.165) is 6.26 Å². The van der Waals surface area contributed by atoms with E-state index in [-0.39, 0.29) is 41.7 Å². The van der Waals surface area contributed by atoms with Crippen LogP contribution < -0.4 is 34.3 Å². The molecule has 0 aliphatic heterocycles. The van der Waals surface area contributed by atoms with E-state index in [1.54, 1.807) is 0 Å². The van der Waals surface area contributed by atoms with Gasteiger partial charge in [0.1, 0.15) is 9.84 Å². The van der Waals surface area contributed by atoms with E-state index in [1.807, 2.05) is 4.72 Å². The fourth-order valence-electron chi connectivity index (χ4n) is 0.905. The first-order chi connectivity index (χ1) is 7.41. The minimum Gasteiger partial charge on any atom is -0.748 e. The van der Waals surface area contributed by atoms with Crippen LogP contribution in [0.25, 0.3) is 0 Å². The largest absolute Gasteiger partial charge is 1.00 e. The number of rotatable bonds is 8. The number of hydrogen-bond donors (Lipinski definition) is 1. The van der Waals surface area contributed by atoms with Crippen molar-refractivity contribution in [1.82, 2.24) is 4.72 Å². The summed E-state index contributed by atoms with van der Waals surface area (Å²) in [5.74, 6) is -1.54. The Kier molecular flexibility index (Phi) is 9.54. The van der Waals surface area contributed by atoms with Crippen molar-refractivity contribution in [3.05, 3.63) is 0 Å². The predicted octanol–water partition coefficient (Wildman–Crippen LogP) is -5.11. The van der Waals surface area contributed by atoms with E-state index in [9.17, 15) is 29.8 Å². The zero-order valence-corrected chi connectivity index (χ0v) is 14.6. The summed E-state index contributed by atoms with van der Waals surface area (Å²) in [4.78, 5) is 0. The predicted molar refractivity (Wildman–Crippen MR) is 60.7 cm³/mol. The molecular weight excluding hydrogens is 317 g/mol. The van der Waals surface area contributed by atoms with Gasteiger partial charge in [-0.2, -0.15) is 0 Å². The molecule has 18 heavy (non-hydrogen) atoms. The summed E-state index contributed by atoms with van der Waals surface area (Å²) in [6, 6.07) is 0. The van der Waals surface area contributed by atoms with Crippen LogP contribution in [-0.2, 0) is 30.0 Å². The van der Waals surface area contributed by atoms with E-state index in [1.165, 1.54) is 0 Å². The Balaban J connectivity index is 0. The van der Waals surface area contributed by atoms with E-state index in [2.05, 4.69) is 0 Å². The SMILES string of the molecule is CS(=O)(=O)CCCS(=O)(=O)NCCS(=O)(=O)[O-].[Na+]. The van der Waals surface area contributed by atoms with Crippen LogP contribution in [0, 0.1) is 0 Å². The summed E-state index contributed by atoms with van der Waals surface area (Å²) in [5, 5.41) is 0. The van der Waals surface area contributed by atoms with Crippen LogP contribution in [0.15, 0.2) is 0 Å². The summed E-state index contributed by atoms with van der Waals surface area (Å²) in [5.41, 5.74) is 0. The fourth-order valence-corrected chi connectivity index (χ4v) is 3.32. The Morgan fingerprint density at radius 3 is 1.83 bits per heavy atom. The molecule has 0 aromatic rings. The molecular formula is C6H14NNaO7S3. The van der Waals surface area contributed by atoms with Gasteiger partial charge in [0.25, 0.3) is 0 Å². The molecule has 0 atom stereocenters. The molecule has 0 aliphatic carbocycles. The van der Waals surface area contributed by atoms with Crippen LogP contribution in [0.5, 0.6) is 0 Å². The van der Waals surface area contributed by atoms with Gasteiger partial charge in [0.15, 0.2) is 0 Å². The van der Waals surface area contributed by atoms with Crippen molar-refractivity contribution in [3.8, 4) is 0 Å². The van der Waals surface area contributed by atoms with E-state index >= 15 is 0 Å². The smallest absolute Gasteiger partial charge is 0.748 e. The Hall–Kier alpha value is 0.770. The van der Waals surface area contributed by atoms with Gasteiger partial charge in [0.2, 0.25) is 10.0 Å². The third-order valence-electron chi connectivity index (χ3n) is 1.60. The Morgan fingerprint density at radius 2 is 1.44 bits per heavy atom. The molecule has 0 aromatic heterocycles. The second-order valence-electron chi connectivity index (χ2n) is 3.46. The third kappa shape index (κ3) is 14.8. The molecule has 0 spiro atoms. The van der Waals surface area contributed by atoms with Gasteiger partial charge < -0.3 is 4.55 Å². The molecule has 8 nitrogen and oxygen atoms in total. The topological polar surface area (TPSA) is 138 Å². The monoisotopic (exact) mass is 331 g/mol. The van der Waals surface area contributed by atoms with Crippen molar-refractivity contribution >= 4 is 30.0 Å². The first-order valence-corrected chi connectivity index (χ1v) is 9.79. The maximum atomic E-state index is 11.2. The zero-order chi connectivity index (χ0) is 13.7. The van der Waals surface area contributed by atoms with Gasteiger partial charge in [-0.3, -0.25) is 0 Å². The van der Waals surface area contributed by atoms with Crippen LogP contribution in [0.3, 0.4) is 0 Å². The Labute approximate surface area is 130 Å². The van der Waals surface area contributed by atoms with Gasteiger partial charge in [-0.15, -0.1) is 0 Å². The van der Waals surface area contributed by atoms with Crippen LogP contribution >= 0.6 is 0 Å². The average Bonchev–Trinajstić information content (AvgIpc) is 1.96. The summed E-state index contributed by atoms with van der Waals surface area (Å²) in [7, 11) is -11.4. The molecule has 0 heterocycles. The van der Waals surface area contributed by atoms with Gasteiger partial charge in [-0.25, -0.2) is 30.0 Å². The van der Waals surface area contributed by atoms with Gasteiger partial charge >= 0.3 is 29.6 Å². The van der Waals surface area contributed by atoms with Gasteiger partial charge in [-0.05, 0) is 6.42 Å². The normalized spacial score (nSPS) is 13.0. The van der Waals surface area contributed by atoms with E-state index < -0.39 is 48.0 Å². The van der Waals surface area contributed by atoms with Gasteiger partial charge in [0.05, 0.1) is 27.4 Å². The number of sulfone groups is 1. The second kappa shape index (κ2) is 8.15. The zero-order valence-electron chi connectivity index (χ0n) is 10.1. The average molecular weight is 331 g/mol. The molecule has 0 aromatic carbocycles. The van der Waals surface area contributed by atoms with Crippen molar-refractivity contribution in [2.75, 3.05) is 30.1 Å². The molecule has 0 radical (unpaired) electrons. The standard InChI is InChI=1S/C6H15NO7S3.Na/c1-15(8,9)4-2-5-16(10,11)7-3-6-17(12,13)14;/h7H,2-6H2,1H3,(H,12,13,14);/q;+1/p-1. The molecule has 0 saturated heterocycles. The minimum atomic E-state index is -4.46. The summed E-state index contributed by atoms with van der Waals surface area (Å²) >= 11 is 0. The van der Waals surface area contributed by atoms with Gasteiger partial charge in [-0.1, -0.05) is 0 Å². The molecule has 0 unspecified atom stereocenters. The molecule has 104 valence electrons.